The lowest BCUT2D eigenvalue weighted by atomic mass is 10.1. The number of esters is 1. The maximum absolute atomic E-state index is 12.2. The zero-order valence-electron chi connectivity index (χ0n) is 17.9. The van der Waals surface area contributed by atoms with E-state index in [1.807, 2.05) is 43.3 Å². The molecule has 1 heterocycles. The number of nitrogens with one attached hydrogen (secondary N) is 1. The molecular formula is C24H26N2O5. The van der Waals surface area contributed by atoms with Gasteiger partial charge in [-0.3, -0.25) is 14.6 Å². The van der Waals surface area contributed by atoms with Gasteiger partial charge >= 0.3 is 5.97 Å². The minimum absolute atomic E-state index is 0.151. The van der Waals surface area contributed by atoms with Gasteiger partial charge in [-0.2, -0.15) is 0 Å². The highest BCUT2D eigenvalue weighted by Gasteiger charge is 2.16. The molecule has 1 atom stereocenters. The number of aromatic nitrogens is 1. The number of aryl methyl sites for hydroxylation is 1. The molecule has 0 aliphatic heterocycles. The van der Waals surface area contributed by atoms with Crippen LogP contribution in [0.5, 0.6) is 11.5 Å². The molecule has 31 heavy (non-hydrogen) atoms. The number of hydrogen-bond donors (Lipinski definition) is 1. The number of pyridine rings is 1. The molecule has 1 amide bonds. The smallest absolute Gasteiger partial charge is 0.306 e. The summed E-state index contributed by atoms with van der Waals surface area (Å²) in [4.78, 5) is 28.8. The topological polar surface area (TPSA) is 86.8 Å². The van der Waals surface area contributed by atoms with Crippen LogP contribution >= 0.6 is 0 Å². The molecule has 7 nitrogen and oxygen atoms in total. The Hall–Kier alpha value is -3.61. The van der Waals surface area contributed by atoms with E-state index in [0.29, 0.717) is 17.9 Å². The van der Waals surface area contributed by atoms with E-state index < -0.39 is 11.9 Å². The van der Waals surface area contributed by atoms with E-state index in [1.54, 1.807) is 32.4 Å². The second kappa shape index (κ2) is 10.4. The molecule has 0 fully saturated rings. The first-order valence-corrected chi connectivity index (χ1v) is 10.0. The molecule has 0 saturated carbocycles. The summed E-state index contributed by atoms with van der Waals surface area (Å²) in [5.41, 5.74) is 2.46. The average molecular weight is 422 g/mol. The van der Waals surface area contributed by atoms with E-state index in [9.17, 15) is 9.59 Å². The van der Waals surface area contributed by atoms with Gasteiger partial charge in [-0.05, 0) is 37.3 Å². The number of para-hydroxylation sites is 1. The van der Waals surface area contributed by atoms with Crippen LogP contribution in [-0.4, -0.2) is 37.7 Å². The van der Waals surface area contributed by atoms with Crippen molar-refractivity contribution >= 4 is 22.8 Å². The van der Waals surface area contributed by atoms with Crippen LogP contribution in [0.25, 0.3) is 10.9 Å². The van der Waals surface area contributed by atoms with Crippen molar-refractivity contribution in [3.8, 4) is 11.5 Å². The third-order valence-electron chi connectivity index (χ3n) is 4.89. The van der Waals surface area contributed by atoms with Crippen molar-refractivity contribution in [2.45, 2.75) is 25.8 Å². The largest absolute Gasteiger partial charge is 0.497 e. The summed E-state index contributed by atoms with van der Waals surface area (Å²) >= 11 is 0. The van der Waals surface area contributed by atoms with E-state index in [4.69, 9.17) is 14.2 Å². The number of hydrogen-bond acceptors (Lipinski definition) is 6. The molecule has 0 radical (unpaired) electrons. The zero-order chi connectivity index (χ0) is 22.2. The van der Waals surface area contributed by atoms with Crippen molar-refractivity contribution in [1.82, 2.24) is 10.3 Å². The molecule has 1 unspecified atom stereocenters. The van der Waals surface area contributed by atoms with E-state index in [0.717, 1.165) is 22.2 Å². The van der Waals surface area contributed by atoms with Gasteiger partial charge in [0.05, 0.1) is 32.2 Å². The van der Waals surface area contributed by atoms with Crippen LogP contribution in [0.1, 0.15) is 30.6 Å². The first kappa shape index (κ1) is 22.1. The molecule has 0 bridgehead atoms. The summed E-state index contributed by atoms with van der Waals surface area (Å²) in [6, 6.07) is 16.7. The van der Waals surface area contributed by atoms with Crippen LogP contribution in [0.4, 0.5) is 0 Å². The Bertz CT molecular complexity index is 1070. The molecule has 162 valence electrons. The van der Waals surface area contributed by atoms with Gasteiger partial charge in [0.15, 0.2) is 6.61 Å². The van der Waals surface area contributed by atoms with Gasteiger partial charge in [0.1, 0.15) is 11.5 Å². The third kappa shape index (κ3) is 5.94. The Kier molecular flexibility index (Phi) is 7.43. The van der Waals surface area contributed by atoms with Gasteiger partial charge < -0.3 is 19.5 Å². The van der Waals surface area contributed by atoms with Crippen LogP contribution in [0.3, 0.4) is 0 Å². The van der Waals surface area contributed by atoms with Crippen molar-refractivity contribution < 1.29 is 23.8 Å². The highest BCUT2D eigenvalue weighted by atomic mass is 16.5. The number of methoxy groups -OCH3 is 2. The lowest BCUT2D eigenvalue weighted by Crippen LogP contribution is -2.31. The molecule has 0 aliphatic carbocycles. The highest BCUT2D eigenvalue weighted by molar-refractivity contribution is 5.81. The number of rotatable bonds is 9. The fourth-order valence-corrected chi connectivity index (χ4v) is 3.23. The quantitative estimate of drug-likeness (QED) is 0.530. The van der Waals surface area contributed by atoms with E-state index in [1.165, 1.54) is 0 Å². The molecule has 7 heteroatoms. The number of carbonyl (C=O) groups excluding carboxylic acids is 2. The first-order chi connectivity index (χ1) is 15.0. The molecule has 1 aromatic heterocycles. The Morgan fingerprint density at radius 2 is 1.84 bits per heavy atom. The zero-order valence-corrected chi connectivity index (χ0v) is 17.9. The third-order valence-corrected chi connectivity index (χ3v) is 4.89. The summed E-state index contributed by atoms with van der Waals surface area (Å²) < 4.78 is 15.7. The van der Waals surface area contributed by atoms with Crippen LogP contribution < -0.4 is 14.8 Å². The minimum Gasteiger partial charge on any atom is -0.497 e. The second-order valence-corrected chi connectivity index (χ2v) is 7.05. The number of nitrogens with zero attached hydrogens (tertiary/aromatic N) is 1. The summed E-state index contributed by atoms with van der Waals surface area (Å²) in [7, 11) is 3.13. The molecule has 2 aromatic carbocycles. The van der Waals surface area contributed by atoms with Crippen LogP contribution in [0.15, 0.2) is 54.6 Å². The first-order valence-electron chi connectivity index (χ1n) is 10.0. The standard InChI is InChI=1S/C24H26N2O5/c1-16(20-14-19(29-2)11-12-22(20)30-3)25-23(27)15-31-24(28)13-10-18-9-8-17-6-4-5-7-21(17)26-18/h4-9,11-12,14,16H,10,13,15H2,1-3H3,(H,25,27). The monoisotopic (exact) mass is 422 g/mol. The number of fused-ring (bicyclic) bond motifs is 1. The predicted octanol–water partition coefficient (Wildman–Crippen LogP) is 3.61. The summed E-state index contributed by atoms with van der Waals surface area (Å²) in [5, 5.41) is 3.86. The molecule has 3 rings (SSSR count). The summed E-state index contributed by atoms with van der Waals surface area (Å²) in [5.74, 6) is 0.449. The van der Waals surface area contributed by atoms with Crippen molar-refractivity contribution in [2.24, 2.45) is 0 Å². The van der Waals surface area contributed by atoms with Crippen molar-refractivity contribution in [3.05, 3.63) is 65.9 Å². The number of amides is 1. The Labute approximate surface area is 181 Å². The Balaban J connectivity index is 1.48. The van der Waals surface area contributed by atoms with E-state index in [2.05, 4.69) is 10.3 Å². The van der Waals surface area contributed by atoms with Crippen LogP contribution in [0, 0.1) is 0 Å². The molecule has 0 spiro atoms. The van der Waals surface area contributed by atoms with Crippen LogP contribution in [-0.2, 0) is 20.7 Å². The molecule has 1 N–H and O–H groups in total. The van der Waals surface area contributed by atoms with Gasteiger partial charge in [0, 0.05) is 23.1 Å². The molecular weight excluding hydrogens is 396 g/mol. The SMILES string of the molecule is COc1ccc(OC)c(C(C)NC(=O)COC(=O)CCc2ccc3ccccc3n2)c1. The van der Waals surface area contributed by atoms with Crippen molar-refractivity contribution in [3.63, 3.8) is 0 Å². The summed E-state index contributed by atoms with van der Waals surface area (Å²) in [6.07, 6.45) is 0.598. The van der Waals surface area contributed by atoms with E-state index in [-0.39, 0.29) is 19.1 Å². The van der Waals surface area contributed by atoms with Crippen molar-refractivity contribution in [2.75, 3.05) is 20.8 Å². The van der Waals surface area contributed by atoms with Gasteiger partial charge in [0.2, 0.25) is 0 Å². The van der Waals surface area contributed by atoms with E-state index >= 15 is 0 Å². The fraction of sp³-hybridized carbons (Fsp3) is 0.292. The number of carbonyl (C=O) groups is 2. The lowest BCUT2D eigenvalue weighted by molar-refractivity contribution is -0.148. The van der Waals surface area contributed by atoms with Crippen LogP contribution in [0.2, 0.25) is 0 Å². The average Bonchev–Trinajstić information content (AvgIpc) is 2.80. The van der Waals surface area contributed by atoms with Gasteiger partial charge in [0.25, 0.3) is 5.91 Å². The second-order valence-electron chi connectivity index (χ2n) is 7.05. The Morgan fingerprint density at radius 3 is 2.61 bits per heavy atom. The maximum atomic E-state index is 12.2. The van der Waals surface area contributed by atoms with Crippen molar-refractivity contribution in [1.29, 1.82) is 0 Å². The molecule has 0 saturated heterocycles. The highest BCUT2D eigenvalue weighted by Crippen LogP contribution is 2.29. The minimum atomic E-state index is -0.447. The summed E-state index contributed by atoms with van der Waals surface area (Å²) in [6.45, 7) is 1.48. The lowest BCUT2D eigenvalue weighted by Gasteiger charge is -2.18. The van der Waals surface area contributed by atoms with Gasteiger partial charge in [-0.15, -0.1) is 0 Å². The number of ether oxygens (including phenoxy) is 3. The normalized spacial score (nSPS) is 11.6. The van der Waals surface area contributed by atoms with Gasteiger partial charge in [-0.25, -0.2) is 0 Å². The molecule has 3 aromatic rings. The Morgan fingerprint density at radius 1 is 1.03 bits per heavy atom. The fourth-order valence-electron chi connectivity index (χ4n) is 3.23. The predicted molar refractivity (Wildman–Crippen MR) is 117 cm³/mol. The maximum Gasteiger partial charge on any atom is 0.306 e. The number of benzene rings is 2. The van der Waals surface area contributed by atoms with Gasteiger partial charge in [-0.1, -0.05) is 24.3 Å². The molecule has 0 aliphatic rings.